The second-order valence-corrected chi connectivity index (χ2v) is 4.64. The van der Waals surface area contributed by atoms with Gasteiger partial charge in [-0.25, -0.2) is 0 Å². The van der Waals surface area contributed by atoms with Crippen LogP contribution in [0.1, 0.15) is 18.9 Å². The maximum atomic E-state index is 11.8. The summed E-state index contributed by atoms with van der Waals surface area (Å²) in [5.41, 5.74) is -0.616. The van der Waals surface area contributed by atoms with Crippen LogP contribution in [0.3, 0.4) is 0 Å². The Kier molecular flexibility index (Phi) is 3.17. The highest BCUT2D eigenvalue weighted by atomic mass is 16.3. The summed E-state index contributed by atoms with van der Waals surface area (Å²) >= 11 is 0. The van der Waals surface area contributed by atoms with Gasteiger partial charge in [-0.15, -0.1) is 0 Å². The van der Waals surface area contributed by atoms with E-state index in [0.29, 0.717) is 18.5 Å². The second-order valence-electron chi connectivity index (χ2n) is 4.64. The first-order chi connectivity index (χ1) is 8.05. The van der Waals surface area contributed by atoms with E-state index in [9.17, 15) is 9.90 Å². The van der Waals surface area contributed by atoms with Crippen molar-refractivity contribution in [1.82, 2.24) is 4.90 Å². The minimum Gasteiger partial charge on any atom is -0.396 e. The second kappa shape index (κ2) is 4.47. The van der Waals surface area contributed by atoms with Crippen molar-refractivity contribution in [2.24, 2.45) is 5.92 Å². The zero-order valence-electron chi connectivity index (χ0n) is 9.84. The number of nitrogens with zero attached hydrogens (tertiary/aromatic N) is 1. The summed E-state index contributed by atoms with van der Waals surface area (Å²) in [6.45, 7) is 1.99. The monoisotopic (exact) mass is 235 g/mol. The molecular formula is C13H17NO3. The summed E-state index contributed by atoms with van der Waals surface area (Å²) in [6.07, 6.45) is 0.305. The zero-order valence-corrected chi connectivity index (χ0v) is 9.84. The first kappa shape index (κ1) is 12.1. The van der Waals surface area contributed by atoms with E-state index >= 15 is 0 Å². The Balaban J connectivity index is 2.24. The van der Waals surface area contributed by atoms with Crippen LogP contribution in [0.5, 0.6) is 0 Å². The lowest BCUT2D eigenvalue weighted by molar-refractivity contribution is -0.152. The predicted octanol–water partition coefficient (Wildman–Crippen LogP) is 0.692. The molecule has 1 heterocycles. The number of benzene rings is 1. The molecular weight excluding hydrogens is 218 g/mol. The molecule has 1 aromatic rings. The van der Waals surface area contributed by atoms with Crippen molar-refractivity contribution >= 4 is 5.91 Å². The van der Waals surface area contributed by atoms with Crippen LogP contribution in [0.2, 0.25) is 0 Å². The molecule has 2 rings (SSSR count). The predicted molar refractivity (Wildman–Crippen MR) is 62.9 cm³/mol. The summed E-state index contributed by atoms with van der Waals surface area (Å²) < 4.78 is 0. The lowest BCUT2D eigenvalue weighted by Gasteiger charge is -2.34. The van der Waals surface area contributed by atoms with Crippen LogP contribution in [-0.4, -0.2) is 34.2 Å². The number of likely N-dealkylation sites (tertiary alicyclic amines) is 1. The highest BCUT2D eigenvalue weighted by molar-refractivity contribution is 5.79. The third-order valence-corrected chi connectivity index (χ3v) is 3.31. The van der Waals surface area contributed by atoms with E-state index in [1.807, 2.05) is 18.2 Å². The molecule has 0 spiro atoms. The Morgan fingerprint density at radius 3 is 2.59 bits per heavy atom. The van der Waals surface area contributed by atoms with Crippen molar-refractivity contribution < 1.29 is 15.0 Å². The van der Waals surface area contributed by atoms with Gasteiger partial charge in [0.05, 0.1) is 0 Å². The topological polar surface area (TPSA) is 60.8 Å². The number of hydrogen-bond donors (Lipinski definition) is 2. The summed E-state index contributed by atoms with van der Waals surface area (Å²) in [4.78, 5) is 13.3. The largest absolute Gasteiger partial charge is 0.396 e. The summed E-state index contributed by atoms with van der Waals surface area (Å²) in [5.74, 6) is -0.185. The molecule has 1 amide bonds. The molecule has 1 aliphatic heterocycles. The third kappa shape index (κ3) is 2.18. The molecule has 0 bridgehead atoms. The summed E-state index contributed by atoms with van der Waals surface area (Å²) in [6, 6.07) is 9.10. The van der Waals surface area contributed by atoms with Crippen LogP contribution in [0.4, 0.5) is 0 Å². The van der Waals surface area contributed by atoms with Crippen molar-refractivity contribution in [3.05, 3.63) is 35.9 Å². The fraction of sp³-hybridized carbons (Fsp3) is 0.462. The molecule has 2 atom stereocenters. The van der Waals surface area contributed by atoms with Gasteiger partial charge in [0, 0.05) is 31.1 Å². The van der Waals surface area contributed by atoms with Gasteiger partial charge in [0.1, 0.15) is 0 Å². The highest BCUT2D eigenvalue weighted by Crippen LogP contribution is 2.31. The first-order valence-corrected chi connectivity index (χ1v) is 5.75. The van der Waals surface area contributed by atoms with Crippen molar-refractivity contribution in [2.45, 2.75) is 19.1 Å². The number of aliphatic hydroxyl groups is 2. The minimum atomic E-state index is -1.30. The SMILES string of the molecule is C[C@](O)(c1ccccc1)N1CC(CO)CC1=O. The Labute approximate surface area is 100 Å². The van der Waals surface area contributed by atoms with E-state index < -0.39 is 5.72 Å². The van der Waals surface area contributed by atoms with Gasteiger partial charge in [0.25, 0.3) is 0 Å². The Hall–Kier alpha value is -1.39. The van der Waals surface area contributed by atoms with Gasteiger partial charge < -0.3 is 15.1 Å². The van der Waals surface area contributed by atoms with Crippen molar-refractivity contribution in [1.29, 1.82) is 0 Å². The van der Waals surface area contributed by atoms with Gasteiger partial charge in [0.15, 0.2) is 5.72 Å². The third-order valence-electron chi connectivity index (χ3n) is 3.31. The molecule has 1 aliphatic rings. The van der Waals surface area contributed by atoms with Crippen LogP contribution in [0, 0.1) is 5.92 Å². The van der Waals surface area contributed by atoms with Gasteiger partial charge in [-0.2, -0.15) is 0 Å². The van der Waals surface area contributed by atoms with E-state index in [2.05, 4.69) is 0 Å². The van der Waals surface area contributed by atoms with Crippen molar-refractivity contribution in [2.75, 3.05) is 13.2 Å². The van der Waals surface area contributed by atoms with Gasteiger partial charge >= 0.3 is 0 Å². The van der Waals surface area contributed by atoms with E-state index in [1.54, 1.807) is 19.1 Å². The molecule has 1 unspecified atom stereocenters. The first-order valence-electron chi connectivity index (χ1n) is 5.75. The summed E-state index contributed by atoms with van der Waals surface area (Å²) in [5, 5.41) is 19.6. The smallest absolute Gasteiger partial charge is 0.225 e. The zero-order chi connectivity index (χ0) is 12.5. The van der Waals surface area contributed by atoms with Crippen LogP contribution in [0.15, 0.2) is 30.3 Å². The molecule has 92 valence electrons. The number of carbonyl (C=O) groups excluding carboxylic acids is 1. The Bertz CT molecular complexity index is 402. The standard InChI is InChI=1S/C13H17NO3/c1-13(17,11-5-3-2-4-6-11)14-8-10(9-15)7-12(14)16/h2-6,10,15,17H,7-9H2,1H3/t10?,13-/m0/s1. The van der Waals surface area contributed by atoms with E-state index in [4.69, 9.17) is 5.11 Å². The molecule has 4 nitrogen and oxygen atoms in total. The molecule has 1 saturated heterocycles. The number of hydrogen-bond acceptors (Lipinski definition) is 3. The van der Waals surface area contributed by atoms with Gasteiger partial charge in [-0.05, 0) is 6.92 Å². The maximum Gasteiger partial charge on any atom is 0.225 e. The molecule has 4 heteroatoms. The number of rotatable bonds is 3. The van der Waals surface area contributed by atoms with Gasteiger partial charge in [-0.1, -0.05) is 30.3 Å². The van der Waals surface area contributed by atoms with E-state index in [1.165, 1.54) is 4.90 Å². The van der Waals surface area contributed by atoms with Crippen LogP contribution in [0.25, 0.3) is 0 Å². The van der Waals surface area contributed by atoms with Gasteiger partial charge in [0.2, 0.25) is 5.91 Å². The highest BCUT2D eigenvalue weighted by Gasteiger charge is 2.41. The molecule has 2 N–H and O–H groups in total. The molecule has 0 saturated carbocycles. The molecule has 0 aliphatic carbocycles. The lowest BCUT2D eigenvalue weighted by atomic mass is 10.0. The number of amides is 1. The normalized spacial score (nSPS) is 23.8. The fourth-order valence-electron chi connectivity index (χ4n) is 2.23. The lowest BCUT2D eigenvalue weighted by Crippen LogP contribution is -2.44. The minimum absolute atomic E-state index is 0.0207. The molecule has 1 aromatic carbocycles. The molecule has 17 heavy (non-hydrogen) atoms. The number of carbonyl (C=O) groups is 1. The molecule has 1 fully saturated rings. The van der Waals surface area contributed by atoms with Crippen molar-refractivity contribution in [3.8, 4) is 0 Å². The van der Waals surface area contributed by atoms with Crippen LogP contribution in [-0.2, 0) is 10.5 Å². The molecule has 0 aromatic heterocycles. The quantitative estimate of drug-likeness (QED) is 0.810. The van der Waals surface area contributed by atoms with E-state index in [-0.39, 0.29) is 18.4 Å². The maximum absolute atomic E-state index is 11.8. The van der Waals surface area contributed by atoms with Crippen LogP contribution >= 0.6 is 0 Å². The molecule has 0 radical (unpaired) electrons. The van der Waals surface area contributed by atoms with Crippen molar-refractivity contribution in [3.63, 3.8) is 0 Å². The summed E-state index contributed by atoms with van der Waals surface area (Å²) in [7, 11) is 0. The van der Waals surface area contributed by atoms with Gasteiger partial charge in [-0.3, -0.25) is 4.79 Å². The average Bonchev–Trinajstić information content (AvgIpc) is 2.72. The number of aliphatic hydroxyl groups excluding tert-OH is 1. The fourth-order valence-corrected chi connectivity index (χ4v) is 2.23. The van der Waals surface area contributed by atoms with Crippen LogP contribution < -0.4 is 0 Å². The average molecular weight is 235 g/mol. The Morgan fingerprint density at radius 2 is 2.06 bits per heavy atom. The van der Waals surface area contributed by atoms with E-state index in [0.717, 1.165) is 0 Å². The Morgan fingerprint density at radius 1 is 1.41 bits per heavy atom.